The van der Waals surface area contributed by atoms with Crippen LogP contribution < -0.4 is 4.74 Å². The molecule has 2 fully saturated rings. The van der Waals surface area contributed by atoms with Crippen LogP contribution in [0.15, 0.2) is 28.1 Å². The van der Waals surface area contributed by atoms with E-state index in [9.17, 15) is 4.79 Å². The van der Waals surface area contributed by atoms with E-state index in [1.807, 2.05) is 22.6 Å². The second-order valence-electron chi connectivity index (χ2n) is 8.44. The van der Waals surface area contributed by atoms with E-state index in [2.05, 4.69) is 21.9 Å². The SMILES string of the molecule is Cc1nn(CC2COC2)c(C)c1-c1cc(O[C@@H]2CCN(C3=C(Cl)C(=O)CN=C3)C2)ncn1. The van der Waals surface area contributed by atoms with Crippen molar-refractivity contribution in [2.75, 3.05) is 32.8 Å². The predicted molar refractivity (Wildman–Crippen MR) is 119 cm³/mol. The first-order valence-electron chi connectivity index (χ1n) is 10.8. The average Bonchev–Trinajstić information content (AvgIpc) is 3.31. The first kappa shape index (κ1) is 21.1. The average molecular weight is 457 g/mol. The molecule has 2 aromatic rings. The first-order chi connectivity index (χ1) is 15.5. The zero-order chi connectivity index (χ0) is 22.2. The Bertz CT molecular complexity index is 1110. The second kappa shape index (κ2) is 8.63. The van der Waals surface area contributed by atoms with Gasteiger partial charge in [0.1, 0.15) is 24.0 Å². The third-order valence-electron chi connectivity index (χ3n) is 6.11. The number of likely N-dealkylation sites (tertiary alicyclic amines) is 1. The van der Waals surface area contributed by atoms with Crippen molar-refractivity contribution in [1.29, 1.82) is 0 Å². The van der Waals surface area contributed by atoms with Gasteiger partial charge in [-0.1, -0.05) is 11.6 Å². The molecule has 10 heteroatoms. The Kier molecular flexibility index (Phi) is 5.69. The maximum atomic E-state index is 11.9. The number of rotatable bonds is 6. The van der Waals surface area contributed by atoms with Crippen molar-refractivity contribution in [3.63, 3.8) is 0 Å². The fourth-order valence-corrected chi connectivity index (χ4v) is 4.57. The van der Waals surface area contributed by atoms with Gasteiger partial charge in [-0.3, -0.25) is 14.5 Å². The number of Topliss-reactive ketones (excluding diaryl/α,β-unsaturated/α-hetero) is 1. The highest BCUT2D eigenvalue weighted by Gasteiger charge is 2.29. The van der Waals surface area contributed by atoms with Gasteiger partial charge in [-0.05, 0) is 13.8 Å². The highest BCUT2D eigenvalue weighted by atomic mass is 35.5. The minimum absolute atomic E-state index is 0.0660. The van der Waals surface area contributed by atoms with Crippen molar-refractivity contribution in [3.8, 4) is 17.1 Å². The Balaban J connectivity index is 1.30. The number of aromatic nitrogens is 4. The van der Waals surface area contributed by atoms with E-state index < -0.39 is 0 Å². The highest BCUT2D eigenvalue weighted by Crippen LogP contribution is 2.29. The molecule has 0 aliphatic carbocycles. The Morgan fingerprint density at radius 2 is 2.12 bits per heavy atom. The number of nitrogens with zero attached hydrogens (tertiary/aromatic N) is 6. The van der Waals surface area contributed by atoms with Gasteiger partial charge >= 0.3 is 0 Å². The van der Waals surface area contributed by atoms with Gasteiger partial charge in [0.05, 0.1) is 36.8 Å². The van der Waals surface area contributed by atoms with Gasteiger partial charge in [0.25, 0.3) is 0 Å². The lowest BCUT2D eigenvalue weighted by molar-refractivity contribution is -0.113. The molecule has 0 bridgehead atoms. The van der Waals surface area contributed by atoms with Crippen LogP contribution in [0.4, 0.5) is 0 Å². The van der Waals surface area contributed by atoms with Crippen molar-refractivity contribution in [3.05, 3.63) is 34.5 Å². The van der Waals surface area contributed by atoms with Crippen molar-refractivity contribution >= 4 is 23.6 Å². The van der Waals surface area contributed by atoms with Gasteiger partial charge in [-0.2, -0.15) is 5.10 Å². The van der Waals surface area contributed by atoms with Crippen LogP contribution in [0.25, 0.3) is 11.3 Å². The van der Waals surface area contributed by atoms with Crippen LogP contribution in [0.3, 0.4) is 0 Å². The summed E-state index contributed by atoms with van der Waals surface area (Å²) in [6.45, 7) is 7.97. The molecule has 168 valence electrons. The molecular weight excluding hydrogens is 432 g/mol. The number of aryl methyl sites for hydroxylation is 1. The third-order valence-corrected chi connectivity index (χ3v) is 6.51. The van der Waals surface area contributed by atoms with E-state index in [1.165, 1.54) is 6.33 Å². The number of hydrogen-bond donors (Lipinski definition) is 0. The number of carbonyl (C=O) groups excluding carboxylic acids is 1. The van der Waals surface area contributed by atoms with Crippen molar-refractivity contribution in [2.24, 2.45) is 10.9 Å². The maximum Gasteiger partial charge on any atom is 0.217 e. The van der Waals surface area contributed by atoms with Gasteiger partial charge in [-0.15, -0.1) is 0 Å². The summed E-state index contributed by atoms with van der Waals surface area (Å²) in [5.74, 6) is 0.892. The summed E-state index contributed by atoms with van der Waals surface area (Å²) >= 11 is 6.21. The molecule has 0 saturated carbocycles. The van der Waals surface area contributed by atoms with Crippen LogP contribution in [-0.4, -0.2) is 75.6 Å². The lowest BCUT2D eigenvalue weighted by Gasteiger charge is -2.26. The number of allylic oxidation sites excluding steroid dienone is 1. The van der Waals surface area contributed by atoms with Gasteiger partial charge < -0.3 is 14.4 Å². The van der Waals surface area contributed by atoms with E-state index in [4.69, 9.17) is 26.2 Å². The van der Waals surface area contributed by atoms with E-state index in [1.54, 1.807) is 6.21 Å². The smallest absolute Gasteiger partial charge is 0.217 e. The molecule has 32 heavy (non-hydrogen) atoms. The molecule has 0 N–H and O–H groups in total. The lowest BCUT2D eigenvalue weighted by atomic mass is 10.1. The minimum atomic E-state index is -0.148. The van der Waals surface area contributed by atoms with Gasteiger partial charge in [0, 0.05) is 49.0 Å². The summed E-state index contributed by atoms with van der Waals surface area (Å²) in [7, 11) is 0. The highest BCUT2D eigenvalue weighted by molar-refractivity contribution is 6.44. The molecule has 3 aliphatic rings. The van der Waals surface area contributed by atoms with Gasteiger partial charge in [0.15, 0.2) is 5.78 Å². The topological polar surface area (TPSA) is 94.7 Å². The lowest BCUT2D eigenvalue weighted by Crippen LogP contribution is -2.32. The Morgan fingerprint density at radius 3 is 2.91 bits per heavy atom. The number of dihydropyridines is 1. The van der Waals surface area contributed by atoms with E-state index in [0.717, 1.165) is 55.4 Å². The largest absolute Gasteiger partial charge is 0.472 e. The molecule has 0 aromatic carbocycles. The number of halogens is 1. The number of hydrogen-bond acceptors (Lipinski definition) is 8. The first-order valence-corrected chi connectivity index (χ1v) is 11.2. The molecule has 1 atom stereocenters. The monoisotopic (exact) mass is 456 g/mol. The Hall–Kier alpha value is -2.78. The Morgan fingerprint density at radius 1 is 1.28 bits per heavy atom. The third kappa shape index (κ3) is 4.02. The van der Waals surface area contributed by atoms with Crippen LogP contribution in [0, 0.1) is 19.8 Å². The summed E-state index contributed by atoms with van der Waals surface area (Å²) in [6, 6.07) is 1.87. The molecule has 2 aromatic heterocycles. The van der Waals surface area contributed by atoms with Gasteiger partial charge in [-0.25, -0.2) is 9.97 Å². The molecule has 5 rings (SSSR count). The Labute approximate surface area is 191 Å². The second-order valence-corrected chi connectivity index (χ2v) is 8.82. The van der Waals surface area contributed by atoms with Crippen LogP contribution in [0.2, 0.25) is 0 Å². The molecule has 3 aliphatic heterocycles. The van der Waals surface area contributed by atoms with E-state index in [0.29, 0.717) is 24.0 Å². The zero-order valence-electron chi connectivity index (χ0n) is 18.1. The van der Waals surface area contributed by atoms with Crippen molar-refractivity contribution in [2.45, 2.75) is 32.9 Å². The van der Waals surface area contributed by atoms with Crippen molar-refractivity contribution < 1.29 is 14.3 Å². The molecule has 0 unspecified atom stereocenters. The van der Waals surface area contributed by atoms with Gasteiger partial charge in [0.2, 0.25) is 5.88 Å². The van der Waals surface area contributed by atoms with E-state index in [-0.39, 0.29) is 23.5 Å². The van der Waals surface area contributed by atoms with Crippen LogP contribution in [-0.2, 0) is 16.1 Å². The minimum Gasteiger partial charge on any atom is -0.472 e. The number of ketones is 1. The number of carbonyl (C=O) groups is 1. The molecule has 0 radical (unpaired) electrons. The molecular formula is C22H25ClN6O3. The van der Waals surface area contributed by atoms with Crippen LogP contribution in [0.5, 0.6) is 5.88 Å². The predicted octanol–water partition coefficient (Wildman–Crippen LogP) is 2.16. The molecule has 2 saturated heterocycles. The molecule has 0 amide bonds. The molecule has 0 spiro atoms. The summed E-state index contributed by atoms with van der Waals surface area (Å²) in [4.78, 5) is 26.8. The summed E-state index contributed by atoms with van der Waals surface area (Å²) in [5, 5.41) is 4.96. The molecule has 5 heterocycles. The van der Waals surface area contributed by atoms with Crippen molar-refractivity contribution in [1.82, 2.24) is 24.6 Å². The van der Waals surface area contributed by atoms with Crippen LogP contribution in [0.1, 0.15) is 17.8 Å². The standard InChI is InChI=1S/C22H25ClN6O3/c1-13-21(14(2)29(27-13)8-15-10-31-11-15)17-5-20(26-12-25-17)32-16-3-4-28(9-16)18-6-24-7-19(30)22(18)23/h5-6,12,15-16H,3-4,7-11H2,1-2H3/t16-/m1/s1. The normalized spacial score (nSPS) is 21.4. The summed E-state index contributed by atoms with van der Waals surface area (Å²) < 4.78 is 13.5. The fourth-order valence-electron chi connectivity index (χ4n) is 4.34. The summed E-state index contributed by atoms with van der Waals surface area (Å²) in [5.41, 5.74) is 4.50. The number of ether oxygens (including phenoxy) is 2. The quantitative estimate of drug-likeness (QED) is 0.657. The zero-order valence-corrected chi connectivity index (χ0v) is 18.9. The maximum absolute atomic E-state index is 11.9. The number of aliphatic imine (C=N–C) groups is 1. The summed E-state index contributed by atoms with van der Waals surface area (Å²) in [6.07, 6.45) is 3.94. The fraction of sp³-hybridized carbons (Fsp3) is 0.500. The van der Waals surface area contributed by atoms with Crippen LogP contribution >= 0.6 is 11.6 Å². The van der Waals surface area contributed by atoms with E-state index >= 15 is 0 Å². The molecule has 9 nitrogen and oxygen atoms in total.